The van der Waals surface area contributed by atoms with Gasteiger partial charge < -0.3 is 9.47 Å². The number of esters is 1. The number of rotatable bonds is 2. The maximum atomic E-state index is 12.6. The molecule has 1 saturated heterocycles. The molecule has 0 radical (unpaired) electrons. The van der Waals surface area contributed by atoms with Crippen LogP contribution in [0.3, 0.4) is 0 Å². The van der Waals surface area contributed by atoms with Crippen LogP contribution in [-0.4, -0.2) is 35.7 Å². The Labute approximate surface area is 131 Å². The predicted molar refractivity (Wildman–Crippen MR) is 82.3 cm³/mol. The van der Waals surface area contributed by atoms with Crippen molar-refractivity contribution in [2.24, 2.45) is 0 Å². The Kier molecular flexibility index (Phi) is 4.74. The summed E-state index contributed by atoms with van der Waals surface area (Å²) in [5.74, 6) is -0.399. The van der Waals surface area contributed by atoms with Crippen LogP contribution < -0.4 is 0 Å². The number of benzene rings is 1. The van der Waals surface area contributed by atoms with Crippen molar-refractivity contribution in [3.63, 3.8) is 0 Å². The highest BCUT2D eigenvalue weighted by atomic mass is 16.6. The third kappa shape index (κ3) is 3.59. The second-order valence-electron chi connectivity index (χ2n) is 6.43. The number of nitrogens with zero attached hydrogens (tertiary/aromatic N) is 1. The first kappa shape index (κ1) is 16.3. The van der Waals surface area contributed by atoms with E-state index in [0.29, 0.717) is 12.8 Å². The zero-order valence-corrected chi connectivity index (χ0v) is 13.5. The summed E-state index contributed by atoms with van der Waals surface area (Å²) in [6.07, 6.45) is 0.809. The summed E-state index contributed by atoms with van der Waals surface area (Å²) in [5.41, 5.74) is 0.390. The fraction of sp³-hybridized carbons (Fsp3) is 0.529. The SMILES string of the molecule is COC(=O)C1CCC(c2ccccc2)N1C(=O)OC(C)(C)C. The van der Waals surface area contributed by atoms with E-state index in [1.807, 2.05) is 51.1 Å². The van der Waals surface area contributed by atoms with Gasteiger partial charge in [0, 0.05) is 0 Å². The molecule has 0 spiro atoms. The van der Waals surface area contributed by atoms with Crippen molar-refractivity contribution in [1.29, 1.82) is 0 Å². The summed E-state index contributed by atoms with van der Waals surface area (Å²) >= 11 is 0. The van der Waals surface area contributed by atoms with Gasteiger partial charge in [0.25, 0.3) is 0 Å². The molecule has 22 heavy (non-hydrogen) atoms. The lowest BCUT2D eigenvalue weighted by molar-refractivity contribution is -0.146. The van der Waals surface area contributed by atoms with E-state index in [1.165, 1.54) is 12.0 Å². The highest BCUT2D eigenvalue weighted by molar-refractivity contribution is 5.82. The third-order valence-corrected chi connectivity index (χ3v) is 3.65. The van der Waals surface area contributed by atoms with Crippen molar-refractivity contribution >= 4 is 12.1 Å². The van der Waals surface area contributed by atoms with Gasteiger partial charge in [0.15, 0.2) is 0 Å². The smallest absolute Gasteiger partial charge is 0.411 e. The summed E-state index contributed by atoms with van der Waals surface area (Å²) in [6.45, 7) is 5.43. The molecule has 1 aliphatic rings. The number of amides is 1. The maximum absolute atomic E-state index is 12.6. The quantitative estimate of drug-likeness (QED) is 0.787. The number of likely N-dealkylation sites (tertiary alicyclic amines) is 1. The lowest BCUT2D eigenvalue weighted by atomic mass is 10.1. The molecule has 0 N–H and O–H groups in total. The molecule has 0 saturated carbocycles. The molecule has 2 rings (SSSR count). The topological polar surface area (TPSA) is 55.8 Å². The number of carbonyl (C=O) groups excluding carboxylic acids is 2. The van der Waals surface area contributed by atoms with E-state index in [-0.39, 0.29) is 6.04 Å². The first-order valence-electron chi connectivity index (χ1n) is 7.47. The predicted octanol–water partition coefficient (Wildman–Crippen LogP) is 3.30. The lowest BCUT2D eigenvalue weighted by Gasteiger charge is -2.31. The Balaban J connectivity index is 2.30. The highest BCUT2D eigenvalue weighted by Gasteiger charge is 2.44. The van der Waals surface area contributed by atoms with Crippen LogP contribution in [0.4, 0.5) is 4.79 Å². The molecule has 2 unspecified atom stereocenters. The minimum Gasteiger partial charge on any atom is -0.467 e. The molecule has 5 heteroatoms. The number of ether oxygens (including phenoxy) is 2. The van der Waals surface area contributed by atoms with Gasteiger partial charge in [-0.2, -0.15) is 0 Å². The molecule has 5 nitrogen and oxygen atoms in total. The largest absolute Gasteiger partial charge is 0.467 e. The fourth-order valence-corrected chi connectivity index (χ4v) is 2.75. The fourth-order valence-electron chi connectivity index (χ4n) is 2.75. The van der Waals surface area contributed by atoms with Gasteiger partial charge in [-0.3, -0.25) is 4.90 Å². The molecule has 120 valence electrons. The molecule has 0 bridgehead atoms. The highest BCUT2D eigenvalue weighted by Crippen LogP contribution is 2.37. The van der Waals surface area contributed by atoms with Gasteiger partial charge in [-0.1, -0.05) is 30.3 Å². The van der Waals surface area contributed by atoms with Crippen LogP contribution in [0.1, 0.15) is 45.2 Å². The molecule has 0 aromatic heterocycles. The first-order chi connectivity index (χ1) is 10.3. The summed E-state index contributed by atoms with van der Waals surface area (Å²) in [7, 11) is 1.34. The molecule has 0 aliphatic carbocycles. The zero-order chi connectivity index (χ0) is 16.3. The number of carbonyl (C=O) groups is 2. The molecular weight excluding hydrogens is 282 g/mol. The molecule has 1 aromatic rings. The summed E-state index contributed by atoms with van der Waals surface area (Å²) in [4.78, 5) is 26.1. The normalized spacial score (nSPS) is 21.5. The average molecular weight is 305 g/mol. The minimum absolute atomic E-state index is 0.167. The molecule has 1 amide bonds. The molecule has 1 aromatic carbocycles. The van der Waals surface area contributed by atoms with Gasteiger partial charge in [0.1, 0.15) is 11.6 Å². The van der Waals surface area contributed by atoms with E-state index in [4.69, 9.17) is 9.47 Å². The zero-order valence-electron chi connectivity index (χ0n) is 13.5. The Morgan fingerprint density at radius 1 is 1.14 bits per heavy atom. The van der Waals surface area contributed by atoms with Gasteiger partial charge in [-0.15, -0.1) is 0 Å². The Morgan fingerprint density at radius 2 is 1.77 bits per heavy atom. The first-order valence-corrected chi connectivity index (χ1v) is 7.47. The van der Waals surface area contributed by atoms with Crippen LogP contribution in [-0.2, 0) is 14.3 Å². The van der Waals surface area contributed by atoms with Crippen LogP contribution in [0, 0.1) is 0 Å². The summed E-state index contributed by atoms with van der Waals surface area (Å²) in [5, 5.41) is 0. The van der Waals surface area contributed by atoms with Crippen LogP contribution in [0.15, 0.2) is 30.3 Å². The summed E-state index contributed by atoms with van der Waals surface area (Å²) < 4.78 is 10.3. The van der Waals surface area contributed by atoms with Gasteiger partial charge in [-0.25, -0.2) is 9.59 Å². The van der Waals surface area contributed by atoms with Crippen molar-refractivity contribution in [2.45, 2.75) is 51.3 Å². The van der Waals surface area contributed by atoms with Crippen molar-refractivity contribution in [2.75, 3.05) is 7.11 Å². The second-order valence-corrected chi connectivity index (χ2v) is 6.43. The van der Waals surface area contributed by atoms with E-state index >= 15 is 0 Å². The van der Waals surface area contributed by atoms with Crippen molar-refractivity contribution in [1.82, 2.24) is 4.90 Å². The Hall–Kier alpha value is -2.04. The lowest BCUT2D eigenvalue weighted by Crippen LogP contribution is -2.44. The molecule has 1 heterocycles. The third-order valence-electron chi connectivity index (χ3n) is 3.65. The van der Waals surface area contributed by atoms with Crippen molar-refractivity contribution in [3.8, 4) is 0 Å². The van der Waals surface area contributed by atoms with Crippen molar-refractivity contribution < 1.29 is 19.1 Å². The van der Waals surface area contributed by atoms with Crippen molar-refractivity contribution in [3.05, 3.63) is 35.9 Å². The number of hydrogen-bond donors (Lipinski definition) is 0. The molecular formula is C17H23NO4. The maximum Gasteiger partial charge on any atom is 0.411 e. The van der Waals surface area contributed by atoms with Crippen LogP contribution in [0.5, 0.6) is 0 Å². The molecule has 1 fully saturated rings. The van der Waals surface area contributed by atoms with E-state index in [9.17, 15) is 9.59 Å². The molecule has 1 aliphatic heterocycles. The van der Waals surface area contributed by atoms with E-state index in [0.717, 1.165) is 5.56 Å². The van der Waals surface area contributed by atoms with Gasteiger partial charge in [-0.05, 0) is 39.2 Å². The average Bonchev–Trinajstić information content (AvgIpc) is 2.90. The standard InChI is InChI=1S/C17H23NO4/c1-17(2,3)22-16(20)18-13(12-8-6-5-7-9-12)10-11-14(18)15(19)21-4/h5-9,13-14H,10-11H2,1-4H3. The van der Waals surface area contributed by atoms with Gasteiger partial charge in [0.2, 0.25) is 0 Å². The Bertz CT molecular complexity index is 535. The summed E-state index contributed by atoms with van der Waals surface area (Å²) in [6, 6.07) is 8.93. The van der Waals surface area contributed by atoms with E-state index in [2.05, 4.69) is 0 Å². The van der Waals surface area contributed by atoms with Crippen LogP contribution in [0.25, 0.3) is 0 Å². The minimum atomic E-state index is -0.610. The van der Waals surface area contributed by atoms with Crippen LogP contribution in [0.2, 0.25) is 0 Å². The molecule has 2 atom stereocenters. The monoisotopic (exact) mass is 305 g/mol. The van der Waals surface area contributed by atoms with Gasteiger partial charge in [0.05, 0.1) is 13.2 Å². The van der Waals surface area contributed by atoms with E-state index < -0.39 is 23.7 Å². The Morgan fingerprint density at radius 3 is 2.32 bits per heavy atom. The van der Waals surface area contributed by atoms with Crippen LogP contribution >= 0.6 is 0 Å². The van der Waals surface area contributed by atoms with Gasteiger partial charge >= 0.3 is 12.1 Å². The number of methoxy groups -OCH3 is 1. The van der Waals surface area contributed by atoms with E-state index in [1.54, 1.807) is 0 Å². The second kappa shape index (κ2) is 6.38. The number of hydrogen-bond acceptors (Lipinski definition) is 4.